The summed E-state index contributed by atoms with van der Waals surface area (Å²) in [6, 6.07) is 17.6. The van der Waals surface area contributed by atoms with Crippen molar-refractivity contribution in [1.29, 1.82) is 0 Å². The molecule has 0 fully saturated rings. The molecule has 1 unspecified atom stereocenters. The molecular formula is C30H33ClF3N3O4S. The molecule has 226 valence electrons. The van der Waals surface area contributed by atoms with Crippen molar-refractivity contribution in [3.63, 3.8) is 0 Å². The summed E-state index contributed by atoms with van der Waals surface area (Å²) in [5, 5.41) is 2.20. The Balaban J connectivity index is 2.11. The molecule has 1 atom stereocenters. The van der Waals surface area contributed by atoms with E-state index in [2.05, 4.69) is 5.32 Å². The van der Waals surface area contributed by atoms with Crippen LogP contribution in [0.4, 0.5) is 18.9 Å². The van der Waals surface area contributed by atoms with E-state index in [1.54, 1.807) is 43.3 Å². The number of halogens is 4. The second-order valence-electron chi connectivity index (χ2n) is 10.1. The second-order valence-corrected chi connectivity index (χ2v) is 12.3. The molecule has 0 saturated carbocycles. The smallest absolute Gasteiger partial charge is 0.354 e. The minimum Gasteiger partial charge on any atom is -0.354 e. The maximum Gasteiger partial charge on any atom is 0.417 e. The molecule has 3 rings (SSSR count). The Labute approximate surface area is 249 Å². The highest BCUT2D eigenvalue weighted by atomic mass is 35.5. The number of nitrogens with zero attached hydrogens (tertiary/aromatic N) is 2. The molecule has 0 spiro atoms. The molecule has 12 heteroatoms. The molecular weight excluding hydrogens is 591 g/mol. The van der Waals surface area contributed by atoms with Crippen LogP contribution in [0.5, 0.6) is 0 Å². The van der Waals surface area contributed by atoms with Gasteiger partial charge in [0.15, 0.2) is 0 Å². The van der Waals surface area contributed by atoms with Gasteiger partial charge >= 0.3 is 6.18 Å². The van der Waals surface area contributed by atoms with E-state index in [4.69, 9.17) is 11.6 Å². The molecule has 0 bridgehead atoms. The minimum atomic E-state index is -4.87. The molecule has 42 heavy (non-hydrogen) atoms. The fraction of sp³-hybridized carbons (Fsp3) is 0.333. The summed E-state index contributed by atoms with van der Waals surface area (Å²) in [5.41, 5.74) is -0.965. The van der Waals surface area contributed by atoms with E-state index in [0.29, 0.717) is 22.5 Å². The quantitative estimate of drug-likeness (QED) is 0.263. The first-order valence-electron chi connectivity index (χ1n) is 13.3. The Kier molecular flexibility index (Phi) is 11.0. The van der Waals surface area contributed by atoms with Gasteiger partial charge in [0.25, 0.3) is 10.0 Å². The molecule has 0 aliphatic heterocycles. The van der Waals surface area contributed by atoms with E-state index in [9.17, 15) is 31.2 Å². The second kappa shape index (κ2) is 14.1. The van der Waals surface area contributed by atoms with Crippen molar-refractivity contribution in [1.82, 2.24) is 10.2 Å². The summed E-state index contributed by atoms with van der Waals surface area (Å²) in [4.78, 5) is 28.2. The van der Waals surface area contributed by atoms with Crippen molar-refractivity contribution >= 4 is 39.1 Å². The Morgan fingerprint density at radius 3 is 2.10 bits per heavy atom. The molecule has 0 aliphatic rings. The van der Waals surface area contributed by atoms with E-state index < -0.39 is 56.9 Å². The van der Waals surface area contributed by atoms with Crippen molar-refractivity contribution in [3.8, 4) is 0 Å². The van der Waals surface area contributed by atoms with Crippen LogP contribution in [0.15, 0.2) is 83.8 Å². The summed E-state index contributed by atoms with van der Waals surface area (Å²) in [5.74, 6) is -1.05. The van der Waals surface area contributed by atoms with Crippen molar-refractivity contribution in [2.24, 2.45) is 5.92 Å². The van der Waals surface area contributed by atoms with Gasteiger partial charge < -0.3 is 10.2 Å². The third kappa shape index (κ3) is 8.25. The van der Waals surface area contributed by atoms with Gasteiger partial charge in [-0.3, -0.25) is 13.9 Å². The van der Waals surface area contributed by atoms with Crippen LogP contribution in [0.1, 0.15) is 38.3 Å². The van der Waals surface area contributed by atoms with Gasteiger partial charge in [-0.1, -0.05) is 80.9 Å². The van der Waals surface area contributed by atoms with Gasteiger partial charge in [0.1, 0.15) is 12.6 Å². The lowest BCUT2D eigenvalue weighted by Crippen LogP contribution is -2.52. The maximum absolute atomic E-state index is 14.0. The third-order valence-electron chi connectivity index (χ3n) is 6.42. The van der Waals surface area contributed by atoms with Crippen LogP contribution in [-0.2, 0) is 32.3 Å². The van der Waals surface area contributed by atoms with Crippen LogP contribution in [-0.4, -0.2) is 44.3 Å². The summed E-state index contributed by atoms with van der Waals surface area (Å²) in [6.45, 7) is 5.03. The van der Waals surface area contributed by atoms with Crippen LogP contribution >= 0.6 is 11.6 Å². The zero-order chi connectivity index (χ0) is 31.1. The first kappa shape index (κ1) is 32.9. The lowest BCUT2D eigenvalue weighted by molar-refractivity contribution is -0.140. The lowest BCUT2D eigenvalue weighted by Gasteiger charge is -2.33. The highest BCUT2D eigenvalue weighted by Crippen LogP contribution is 2.38. The summed E-state index contributed by atoms with van der Waals surface area (Å²) in [7, 11) is -4.53. The Morgan fingerprint density at radius 2 is 1.55 bits per heavy atom. The first-order chi connectivity index (χ1) is 19.8. The molecule has 3 aromatic rings. The van der Waals surface area contributed by atoms with E-state index >= 15 is 0 Å². The molecule has 0 aliphatic carbocycles. The van der Waals surface area contributed by atoms with Gasteiger partial charge in [-0.05, 0) is 48.2 Å². The van der Waals surface area contributed by atoms with Gasteiger partial charge in [0.2, 0.25) is 11.8 Å². The fourth-order valence-electron chi connectivity index (χ4n) is 4.26. The van der Waals surface area contributed by atoms with E-state index in [1.807, 2.05) is 13.8 Å². The zero-order valence-corrected chi connectivity index (χ0v) is 25.0. The highest BCUT2D eigenvalue weighted by Gasteiger charge is 2.37. The summed E-state index contributed by atoms with van der Waals surface area (Å²) >= 11 is 5.80. The largest absolute Gasteiger partial charge is 0.417 e. The molecule has 0 radical (unpaired) electrons. The number of amides is 2. The van der Waals surface area contributed by atoms with Gasteiger partial charge in [0, 0.05) is 13.1 Å². The average molecular weight is 624 g/mol. The fourth-order valence-corrected chi connectivity index (χ4v) is 5.91. The van der Waals surface area contributed by atoms with E-state index in [-0.39, 0.29) is 23.8 Å². The number of benzene rings is 3. The molecule has 0 heterocycles. The van der Waals surface area contributed by atoms with Crippen LogP contribution in [0.25, 0.3) is 0 Å². The molecule has 2 amide bonds. The number of alkyl halides is 3. The number of rotatable bonds is 12. The number of carbonyl (C=O) groups is 2. The van der Waals surface area contributed by atoms with Gasteiger partial charge in [-0.2, -0.15) is 13.2 Å². The summed E-state index contributed by atoms with van der Waals surface area (Å²) in [6.07, 6.45) is -4.66. The molecule has 3 aromatic carbocycles. The standard InChI is InChI=1S/C30H33ClF3N3O4S/c1-4-27(29(39)35-18-21(2)3)36(19-22-11-7-5-8-12-22)28(38)20-37(42(40,41)24-13-9-6-10-14-24)23-15-16-26(31)25(17-23)30(32,33)34/h5-17,21,27H,4,18-20H2,1-3H3,(H,35,39). The van der Waals surface area contributed by atoms with Gasteiger partial charge in [-0.15, -0.1) is 0 Å². The average Bonchev–Trinajstić information content (AvgIpc) is 2.95. The normalized spacial score (nSPS) is 12.6. The number of anilines is 1. The van der Waals surface area contributed by atoms with Gasteiger partial charge in [-0.25, -0.2) is 8.42 Å². The number of sulfonamides is 1. The van der Waals surface area contributed by atoms with Crippen molar-refractivity contribution in [3.05, 3.63) is 95.0 Å². The Hall–Kier alpha value is -3.57. The predicted molar refractivity (Wildman–Crippen MR) is 156 cm³/mol. The number of carbonyl (C=O) groups excluding carboxylic acids is 2. The summed E-state index contributed by atoms with van der Waals surface area (Å²) < 4.78 is 69.5. The SMILES string of the molecule is CCC(C(=O)NCC(C)C)N(Cc1ccccc1)C(=O)CN(c1ccc(Cl)c(C(F)(F)F)c1)S(=O)(=O)c1ccccc1. The zero-order valence-electron chi connectivity index (χ0n) is 23.4. The lowest BCUT2D eigenvalue weighted by atomic mass is 10.1. The number of nitrogens with one attached hydrogen (secondary N) is 1. The predicted octanol–water partition coefficient (Wildman–Crippen LogP) is 6.13. The Bertz CT molecular complexity index is 1470. The monoisotopic (exact) mass is 623 g/mol. The van der Waals surface area contributed by atoms with Crippen molar-refractivity contribution in [2.45, 2.75) is 50.9 Å². The maximum atomic E-state index is 14.0. The van der Waals surface area contributed by atoms with Crippen LogP contribution in [0, 0.1) is 5.92 Å². The van der Waals surface area contributed by atoms with Crippen molar-refractivity contribution in [2.75, 3.05) is 17.4 Å². The third-order valence-corrected chi connectivity index (χ3v) is 8.54. The van der Waals surface area contributed by atoms with Crippen LogP contribution < -0.4 is 9.62 Å². The number of hydrogen-bond donors (Lipinski definition) is 1. The molecule has 1 N–H and O–H groups in total. The van der Waals surface area contributed by atoms with E-state index in [1.165, 1.54) is 29.2 Å². The Morgan fingerprint density at radius 1 is 0.952 bits per heavy atom. The van der Waals surface area contributed by atoms with Crippen molar-refractivity contribution < 1.29 is 31.2 Å². The first-order valence-corrected chi connectivity index (χ1v) is 15.1. The van der Waals surface area contributed by atoms with Crippen LogP contribution in [0.3, 0.4) is 0 Å². The molecule has 0 saturated heterocycles. The van der Waals surface area contributed by atoms with E-state index in [0.717, 1.165) is 12.1 Å². The molecule has 7 nitrogen and oxygen atoms in total. The van der Waals surface area contributed by atoms with Crippen LogP contribution in [0.2, 0.25) is 5.02 Å². The minimum absolute atomic E-state index is 0.0269. The topological polar surface area (TPSA) is 86.8 Å². The molecule has 0 aromatic heterocycles. The number of hydrogen-bond acceptors (Lipinski definition) is 4. The van der Waals surface area contributed by atoms with Gasteiger partial charge in [0.05, 0.1) is 21.2 Å². The highest BCUT2D eigenvalue weighted by molar-refractivity contribution is 7.92.